The van der Waals surface area contributed by atoms with Crippen LogP contribution in [0, 0.1) is 10.1 Å². The first kappa shape index (κ1) is 20.0. The van der Waals surface area contributed by atoms with E-state index in [2.05, 4.69) is 5.10 Å². The first-order valence-corrected chi connectivity index (χ1v) is 9.65. The lowest BCUT2D eigenvalue weighted by molar-refractivity contribution is -0.386. The van der Waals surface area contributed by atoms with Gasteiger partial charge in [0.2, 0.25) is 0 Å². The molecular weight excluding hydrogens is 394 g/mol. The van der Waals surface area contributed by atoms with E-state index in [4.69, 9.17) is 4.74 Å². The lowest BCUT2D eigenvalue weighted by Crippen LogP contribution is -2.21. The summed E-state index contributed by atoms with van der Waals surface area (Å²) in [6.45, 7) is 1.96. The van der Waals surface area contributed by atoms with Gasteiger partial charge in [-0.2, -0.15) is 10.1 Å². The fourth-order valence-electron chi connectivity index (χ4n) is 3.22. The molecule has 0 saturated heterocycles. The number of anilines is 1. The molecule has 1 amide bonds. The summed E-state index contributed by atoms with van der Waals surface area (Å²) in [5.74, 6) is -0.110. The van der Waals surface area contributed by atoms with Crippen LogP contribution < -0.4 is 9.75 Å². The highest BCUT2D eigenvalue weighted by Crippen LogP contribution is 2.31. The van der Waals surface area contributed by atoms with Crippen LogP contribution >= 0.6 is 0 Å². The maximum atomic E-state index is 12.9. The van der Waals surface area contributed by atoms with Crippen molar-refractivity contribution in [3.8, 4) is 5.75 Å². The molecule has 0 aromatic heterocycles. The molecule has 3 aromatic carbocycles. The van der Waals surface area contributed by atoms with E-state index in [1.807, 2.05) is 48.5 Å². The summed E-state index contributed by atoms with van der Waals surface area (Å²) in [5, 5.41) is 17.2. The summed E-state index contributed by atoms with van der Waals surface area (Å²) < 4.78 is 5.67. The number of hydrazone groups is 1. The lowest BCUT2D eigenvalue weighted by Gasteiger charge is -2.11. The van der Waals surface area contributed by atoms with Crippen molar-refractivity contribution in [2.24, 2.45) is 5.10 Å². The van der Waals surface area contributed by atoms with Gasteiger partial charge in [0, 0.05) is 6.07 Å². The van der Waals surface area contributed by atoms with E-state index in [9.17, 15) is 14.9 Å². The van der Waals surface area contributed by atoms with Crippen LogP contribution in [0.5, 0.6) is 5.75 Å². The molecule has 0 N–H and O–H groups in total. The number of carbonyl (C=O) groups is 1. The summed E-state index contributed by atoms with van der Waals surface area (Å²) in [7, 11) is 0. The zero-order chi connectivity index (χ0) is 21.8. The van der Waals surface area contributed by atoms with Gasteiger partial charge in [-0.05, 0) is 42.3 Å². The van der Waals surface area contributed by atoms with Gasteiger partial charge in [0.25, 0.3) is 5.91 Å². The number of nitro benzene ring substituents is 1. The van der Waals surface area contributed by atoms with E-state index in [0.717, 1.165) is 5.56 Å². The molecule has 0 spiro atoms. The smallest absolute Gasteiger partial charge is 0.311 e. The molecule has 7 heteroatoms. The molecule has 0 aliphatic carbocycles. The Balaban J connectivity index is 1.59. The standard InChI is InChI=1S/C24H19N3O4/c1-17-21(24(28)26(25-17)20-10-6-3-7-11-20)14-19-12-13-23(22(15-19)27(29)30)31-16-18-8-4-2-5-9-18/h2-15H,16H2,1H3/b21-14+. The van der Waals surface area contributed by atoms with Gasteiger partial charge in [-0.25, -0.2) is 0 Å². The van der Waals surface area contributed by atoms with E-state index >= 15 is 0 Å². The number of nitro groups is 1. The second-order valence-corrected chi connectivity index (χ2v) is 6.95. The molecule has 0 bridgehead atoms. The van der Waals surface area contributed by atoms with Crippen LogP contribution in [-0.2, 0) is 11.4 Å². The Morgan fingerprint density at radius 1 is 1.03 bits per heavy atom. The number of amides is 1. The van der Waals surface area contributed by atoms with Crippen molar-refractivity contribution in [1.29, 1.82) is 0 Å². The van der Waals surface area contributed by atoms with Crippen molar-refractivity contribution in [3.05, 3.63) is 106 Å². The van der Waals surface area contributed by atoms with Gasteiger partial charge < -0.3 is 4.74 Å². The minimum atomic E-state index is -0.490. The number of benzene rings is 3. The Morgan fingerprint density at radius 3 is 2.39 bits per heavy atom. The summed E-state index contributed by atoms with van der Waals surface area (Å²) in [5.41, 5.74) is 2.85. The molecule has 154 valence electrons. The van der Waals surface area contributed by atoms with Crippen molar-refractivity contribution in [2.45, 2.75) is 13.5 Å². The van der Waals surface area contributed by atoms with E-state index in [1.165, 1.54) is 11.1 Å². The summed E-state index contributed by atoms with van der Waals surface area (Å²) >= 11 is 0. The maximum absolute atomic E-state index is 12.9. The van der Waals surface area contributed by atoms with Crippen LogP contribution in [0.1, 0.15) is 18.1 Å². The molecule has 3 aromatic rings. The second-order valence-electron chi connectivity index (χ2n) is 6.95. The first-order chi connectivity index (χ1) is 15.0. The van der Waals surface area contributed by atoms with Gasteiger partial charge >= 0.3 is 5.69 Å². The topological polar surface area (TPSA) is 85.0 Å². The van der Waals surface area contributed by atoms with Crippen LogP contribution in [0.4, 0.5) is 11.4 Å². The Kier molecular flexibility index (Phi) is 5.57. The van der Waals surface area contributed by atoms with E-state index in [1.54, 1.807) is 37.3 Å². The van der Waals surface area contributed by atoms with Gasteiger partial charge in [-0.15, -0.1) is 0 Å². The van der Waals surface area contributed by atoms with E-state index < -0.39 is 4.92 Å². The molecule has 0 unspecified atom stereocenters. The van der Waals surface area contributed by atoms with Crippen molar-refractivity contribution >= 4 is 29.1 Å². The fraction of sp³-hybridized carbons (Fsp3) is 0.0833. The van der Waals surface area contributed by atoms with Crippen molar-refractivity contribution in [3.63, 3.8) is 0 Å². The molecule has 0 fully saturated rings. The molecule has 4 rings (SSSR count). The van der Waals surface area contributed by atoms with Crippen molar-refractivity contribution < 1.29 is 14.5 Å². The quantitative estimate of drug-likeness (QED) is 0.324. The Labute approximate surface area is 179 Å². The monoisotopic (exact) mass is 413 g/mol. The highest BCUT2D eigenvalue weighted by molar-refractivity contribution is 6.32. The largest absolute Gasteiger partial charge is 0.482 e. The Bertz CT molecular complexity index is 1190. The molecule has 1 aliphatic rings. The number of carbonyl (C=O) groups excluding carboxylic acids is 1. The number of nitrogens with zero attached hydrogens (tertiary/aromatic N) is 3. The summed E-state index contributed by atoms with van der Waals surface area (Å²) in [4.78, 5) is 24.0. The van der Waals surface area contributed by atoms with E-state index in [-0.39, 0.29) is 24.0 Å². The van der Waals surface area contributed by atoms with Crippen LogP contribution in [0.15, 0.2) is 89.5 Å². The van der Waals surface area contributed by atoms with Gasteiger partial charge in [0.1, 0.15) is 6.61 Å². The maximum Gasteiger partial charge on any atom is 0.311 e. The zero-order valence-corrected chi connectivity index (χ0v) is 16.8. The second kappa shape index (κ2) is 8.62. The highest BCUT2D eigenvalue weighted by Gasteiger charge is 2.28. The Hall–Kier alpha value is -4.26. The number of hydrogen-bond donors (Lipinski definition) is 0. The summed E-state index contributed by atoms with van der Waals surface area (Å²) in [6, 6.07) is 23.2. The molecule has 0 saturated carbocycles. The molecule has 7 nitrogen and oxygen atoms in total. The molecule has 31 heavy (non-hydrogen) atoms. The summed E-state index contributed by atoms with van der Waals surface area (Å²) in [6.07, 6.45) is 1.61. The SMILES string of the molecule is CC1=NN(c2ccccc2)C(=O)/C1=C/c1ccc(OCc2ccccc2)c([N+](=O)[O-])c1. The molecule has 1 aliphatic heterocycles. The third-order valence-corrected chi connectivity index (χ3v) is 4.79. The predicted octanol–water partition coefficient (Wildman–Crippen LogP) is 4.98. The normalized spacial score (nSPS) is 14.6. The van der Waals surface area contributed by atoms with Gasteiger partial charge in [0.05, 0.1) is 21.9 Å². The third kappa shape index (κ3) is 4.35. The minimum Gasteiger partial charge on any atom is -0.482 e. The van der Waals surface area contributed by atoms with Crippen LogP contribution in [0.2, 0.25) is 0 Å². The minimum absolute atomic E-state index is 0.162. The molecule has 0 atom stereocenters. The van der Waals surface area contributed by atoms with Gasteiger partial charge in [-0.3, -0.25) is 14.9 Å². The lowest BCUT2D eigenvalue weighted by atomic mass is 10.1. The Morgan fingerprint density at radius 2 is 1.71 bits per heavy atom. The fourth-order valence-corrected chi connectivity index (χ4v) is 3.22. The third-order valence-electron chi connectivity index (χ3n) is 4.79. The zero-order valence-electron chi connectivity index (χ0n) is 16.8. The average molecular weight is 413 g/mol. The van der Waals surface area contributed by atoms with Gasteiger partial charge in [-0.1, -0.05) is 54.6 Å². The van der Waals surface area contributed by atoms with Crippen LogP contribution in [0.25, 0.3) is 6.08 Å². The van der Waals surface area contributed by atoms with Crippen molar-refractivity contribution in [1.82, 2.24) is 0 Å². The van der Waals surface area contributed by atoms with Crippen molar-refractivity contribution in [2.75, 3.05) is 5.01 Å². The molecule has 0 radical (unpaired) electrons. The first-order valence-electron chi connectivity index (χ1n) is 9.65. The number of para-hydroxylation sites is 1. The molecular formula is C24H19N3O4. The van der Waals surface area contributed by atoms with E-state index in [0.29, 0.717) is 22.5 Å². The number of hydrogen-bond acceptors (Lipinski definition) is 5. The van der Waals surface area contributed by atoms with Crippen LogP contribution in [0.3, 0.4) is 0 Å². The van der Waals surface area contributed by atoms with Crippen LogP contribution in [-0.4, -0.2) is 16.5 Å². The number of rotatable bonds is 6. The van der Waals surface area contributed by atoms with Gasteiger partial charge in [0.15, 0.2) is 5.75 Å². The highest BCUT2D eigenvalue weighted by atomic mass is 16.6. The average Bonchev–Trinajstić information content (AvgIpc) is 3.07. The number of ether oxygens (including phenoxy) is 1. The predicted molar refractivity (Wildman–Crippen MR) is 119 cm³/mol. The molecule has 1 heterocycles.